The summed E-state index contributed by atoms with van der Waals surface area (Å²) < 4.78 is 35.8. The Morgan fingerprint density at radius 2 is 0.771 bits per heavy atom. The number of halogens is 10. The van der Waals surface area contributed by atoms with Crippen LogP contribution in [0.4, 0.5) is 8.78 Å². The molecule has 0 aliphatic heterocycles. The highest BCUT2D eigenvalue weighted by Crippen LogP contribution is 2.39. The summed E-state index contributed by atoms with van der Waals surface area (Å²) in [6, 6.07) is 15.8. The summed E-state index contributed by atoms with van der Waals surface area (Å²) in [4.78, 5) is 0. The van der Waals surface area contributed by atoms with Gasteiger partial charge < -0.3 is 0 Å². The highest BCUT2D eigenvalue weighted by molar-refractivity contribution is 14.1. The Morgan fingerprint density at radius 1 is 0.457 bits per heavy atom. The van der Waals surface area contributed by atoms with Crippen molar-refractivity contribution in [2.24, 2.45) is 0 Å². The van der Waals surface area contributed by atoms with Gasteiger partial charge in [-0.2, -0.15) is 0 Å². The van der Waals surface area contributed by atoms with Crippen LogP contribution < -0.4 is 0 Å². The lowest BCUT2D eigenvalue weighted by Crippen LogP contribution is -2.00. The van der Waals surface area contributed by atoms with Gasteiger partial charge in [0.25, 0.3) is 0 Å². The monoisotopic (exact) mass is 1360 g/mol. The number of hydrogen-bond acceptors (Lipinski definition) is 0. The second kappa shape index (κ2) is 13.0. The van der Waals surface area contributed by atoms with E-state index >= 15 is 0 Å². The lowest BCUT2D eigenvalue weighted by atomic mass is 9.98. The summed E-state index contributed by atoms with van der Waals surface area (Å²) in [5.74, 6) is -0.365. The number of benzene rings is 4. The molecule has 0 aliphatic rings. The second-order valence-corrected chi connectivity index (χ2v) is 16.5. The Morgan fingerprint density at radius 3 is 1.09 bits per heavy atom. The minimum Gasteiger partial charge on any atom is -0.206 e. The normalized spacial score (nSPS) is 11.3. The molecular formula is C25H10F2I8. The summed E-state index contributed by atoms with van der Waals surface area (Å²) >= 11 is 18.2. The van der Waals surface area contributed by atoms with Crippen LogP contribution in [0.5, 0.6) is 0 Å². The van der Waals surface area contributed by atoms with Crippen molar-refractivity contribution in [3.05, 3.63) is 99.9 Å². The molecular weight excluding hydrogens is 1350 g/mol. The molecule has 0 spiro atoms. The van der Waals surface area contributed by atoms with Crippen LogP contribution in [0.15, 0.2) is 48.5 Å². The molecule has 0 aromatic heterocycles. The van der Waals surface area contributed by atoms with E-state index in [4.69, 9.17) is 0 Å². The molecule has 0 aliphatic carbocycles. The first-order valence-corrected chi connectivity index (χ1v) is 18.4. The highest BCUT2D eigenvalue weighted by atomic mass is 127. The molecule has 35 heavy (non-hydrogen) atoms. The van der Waals surface area contributed by atoms with Crippen molar-refractivity contribution in [1.29, 1.82) is 0 Å². The van der Waals surface area contributed by atoms with E-state index in [1.54, 1.807) is 12.1 Å². The molecule has 0 nitrogen and oxygen atoms in total. The van der Waals surface area contributed by atoms with Gasteiger partial charge >= 0.3 is 0 Å². The molecule has 0 radical (unpaired) electrons. The quantitative estimate of drug-likeness (QED) is 0.141. The molecule has 0 bridgehead atoms. The van der Waals surface area contributed by atoms with Gasteiger partial charge in [-0.25, -0.2) is 8.78 Å². The van der Waals surface area contributed by atoms with Gasteiger partial charge in [0, 0.05) is 32.5 Å². The minimum atomic E-state index is -0.182. The summed E-state index contributed by atoms with van der Waals surface area (Å²) in [6.45, 7) is 0. The lowest BCUT2D eigenvalue weighted by Gasteiger charge is -2.16. The Hall–Kier alpha value is 2.58. The first-order valence-electron chi connectivity index (χ1n) is 9.73. The molecule has 0 unspecified atom stereocenters. The third kappa shape index (κ3) is 6.74. The Labute approximate surface area is 311 Å². The van der Waals surface area contributed by atoms with Crippen LogP contribution in [-0.4, -0.2) is 0 Å². The fraction of sp³-hybridized carbons (Fsp3) is 0.0400. The van der Waals surface area contributed by atoms with Crippen molar-refractivity contribution in [1.82, 2.24) is 0 Å². The van der Waals surface area contributed by atoms with Crippen LogP contribution in [0.25, 0.3) is 22.3 Å². The molecule has 0 heterocycles. The summed E-state index contributed by atoms with van der Waals surface area (Å²) in [7, 11) is 0. The van der Waals surface area contributed by atoms with Crippen LogP contribution in [-0.2, 0) is 6.42 Å². The van der Waals surface area contributed by atoms with Gasteiger partial charge in [0.1, 0.15) is 11.6 Å². The third-order valence-electron chi connectivity index (χ3n) is 5.22. The molecule has 0 fully saturated rings. The maximum Gasteiger partial charge on any atom is 0.137 e. The largest absolute Gasteiger partial charge is 0.206 e. The van der Waals surface area contributed by atoms with E-state index in [2.05, 4.69) is 205 Å². The molecule has 0 atom stereocenters. The van der Waals surface area contributed by atoms with E-state index in [-0.39, 0.29) is 11.6 Å². The Balaban J connectivity index is 1.70. The van der Waals surface area contributed by atoms with Crippen molar-refractivity contribution in [2.75, 3.05) is 0 Å². The van der Waals surface area contributed by atoms with E-state index in [9.17, 15) is 8.78 Å². The average molecular weight is 1360 g/mol. The van der Waals surface area contributed by atoms with E-state index < -0.39 is 0 Å². The zero-order valence-electron chi connectivity index (χ0n) is 17.1. The second-order valence-electron chi connectivity index (χ2n) is 7.49. The predicted molar refractivity (Wildman–Crippen MR) is 208 cm³/mol. The average Bonchev–Trinajstić information content (AvgIpc) is 2.78. The van der Waals surface area contributed by atoms with Crippen LogP contribution in [0.2, 0.25) is 0 Å². The zero-order valence-corrected chi connectivity index (χ0v) is 34.4. The molecule has 0 amide bonds. The smallest absolute Gasteiger partial charge is 0.137 e. The van der Waals surface area contributed by atoms with Gasteiger partial charge in [-0.3, -0.25) is 0 Å². The fourth-order valence-corrected chi connectivity index (χ4v) is 11.0. The van der Waals surface area contributed by atoms with Gasteiger partial charge in [-0.15, -0.1) is 0 Å². The van der Waals surface area contributed by atoms with Crippen molar-refractivity contribution in [3.8, 4) is 22.3 Å². The first-order chi connectivity index (χ1) is 16.5. The molecule has 4 aromatic carbocycles. The predicted octanol–water partition coefficient (Wildman–Crippen LogP) is 11.7. The zero-order chi connectivity index (χ0) is 25.6. The number of rotatable bonds is 4. The molecule has 4 aromatic rings. The standard InChI is InChI=1S/C25H10F2I8/c26-14-3-1-12(22(32)24(14)34)20-16(28)6-10(7-17(20)29)5-11-8-18(30)21(19(31)9-11)13-2-4-15(27)25(35)23(13)33/h1-4,6-9H,5H2. The molecule has 10 heteroatoms. The van der Waals surface area contributed by atoms with Gasteiger partial charge in [-0.1, -0.05) is 12.1 Å². The van der Waals surface area contributed by atoms with Gasteiger partial charge in [0.2, 0.25) is 0 Å². The van der Waals surface area contributed by atoms with Gasteiger partial charge in [0.15, 0.2) is 0 Å². The van der Waals surface area contributed by atoms with Crippen molar-refractivity contribution >= 4 is 181 Å². The van der Waals surface area contributed by atoms with E-state index in [0.29, 0.717) is 7.14 Å². The SMILES string of the molecule is Fc1ccc(-c2c(I)cc(Cc3cc(I)c(-c4ccc(F)c(I)c4I)c(I)c3)cc2I)c(I)c1I. The molecule has 0 saturated carbocycles. The summed E-state index contributed by atoms with van der Waals surface area (Å²) in [5, 5.41) is 0. The topological polar surface area (TPSA) is 0 Å². The van der Waals surface area contributed by atoms with Crippen LogP contribution >= 0.6 is 181 Å². The highest BCUT2D eigenvalue weighted by Gasteiger charge is 2.19. The molecule has 4 rings (SSSR count). The van der Waals surface area contributed by atoms with Gasteiger partial charge in [0.05, 0.1) is 7.14 Å². The minimum absolute atomic E-state index is 0.182. The van der Waals surface area contributed by atoms with E-state index in [0.717, 1.165) is 50.1 Å². The third-order valence-corrected chi connectivity index (χ3v) is 15.0. The summed E-state index contributed by atoms with van der Waals surface area (Å²) in [5.41, 5.74) is 6.90. The van der Waals surface area contributed by atoms with Crippen LogP contribution in [0.1, 0.15) is 11.1 Å². The number of hydrogen-bond donors (Lipinski definition) is 0. The first kappa shape index (κ1) is 30.5. The Kier molecular flexibility index (Phi) is 11.4. The van der Waals surface area contributed by atoms with Crippen LogP contribution in [0, 0.1) is 40.2 Å². The molecule has 180 valence electrons. The summed E-state index contributed by atoms with van der Waals surface area (Å²) in [6.07, 6.45) is 0.814. The van der Waals surface area contributed by atoms with E-state index in [1.807, 2.05) is 12.1 Å². The maximum absolute atomic E-state index is 14.0. The molecule has 0 saturated heterocycles. The van der Waals surface area contributed by atoms with Crippen molar-refractivity contribution < 1.29 is 8.78 Å². The van der Waals surface area contributed by atoms with Crippen molar-refractivity contribution in [2.45, 2.75) is 6.42 Å². The molecule has 0 N–H and O–H groups in total. The van der Waals surface area contributed by atoms with Gasteiger partial charge in [-0.05, 0) is 246 Å². The fourth-order valence-electron chi connectivity index (χ4n) is 3.64. The Bertz CT molecular complexity index is 1330. The lowest BCUT2D eigenvalue weighted by molar-refractivity contribution is 0.619. The van der Waals surface area contributed by atoms with Crippen molar-refractivity contribution in [3.63, 3.8) is 0 Å². The van der Waals surface area contributed by atoms with Crippen LogP contribution in [0.3, 0.4) is 0 Å². The van der Waals surface area contributed by atoms with E-state index in [1.165, 1.54) is 11.1 Å². The maximum atomic E-state index is 14.0.